The van der Waals surface area contributed by atoms with Crippen molar-refractivity contribution in [2.75, 3.05) is 19.8 Å². The van der Waals surface area contributed by atoms with E-state index < -0.39 is 23.4 Å². The quantitative estimate of drug-likeness (QED) is 0.327. The molecule has 0 radical (unpaired) electrons. The number of ether oxygens (including phenoxy) is 2. The van der Waals surface area contributed by atoms with Crippen molar-refractivity contribution < 1.29 is 24.0 Å². The van der Waals surface area contributed by atoms with E-state index in [0.717, 1.165) is 16.9 Å². The van der Waals surface area contributed by atoms with Gasteiger partial charge >= 0.3 is 11.0 Å². The molecule has 0 fully saturated rings. The van der Waals surface area contributed by atoms with Crippen molar-refractivity contribution in [3.8, 4) is 5.75 Å². The van der Waals surface area contributed by atoms with Crippen LogP contribution in [-0.2, 0) is 9.53 Å². The zero-order valence-electron chi connectivity index (χ0n) is 14.3. The van der Waals surface area contributed by atoms with Crippen LogP contribution in [0.2, 0.25) is 0 Å². The summed E-state index contributed by atoms with van der Waals surface area (Å²) < 4.78 is 10.4. The van der Waals surface area contributed by atoms with Gasteiger partial charge in [-0.25, -0.2) is 4.79 Å². The van der Waals surface area contributed by atoms with Gasteiger partial charge in [-0.05, 0) is 31.5 Å². The summed E-state index contributed by atoms with van der Waals surface area (Å²) in [5.41, 5.74) is 2.15. The summed E-state index contributed by atoms with van der Waals surface area (Å²) in [7, 11) is 0. The number of hydrogen-bond donors (Lipinski definition) is 1. The molecule has 0 saturated heterocycles. The molecule has 0 aliphatic rings. The highest BCUT2D eigenvalue weighted by Gasteiger charge is 2.17. The maximum absolute atomic E-state index is 11.7. The van der Waals surface area contributed by atoms with E-state index in [1.165, 1.54) is 12.1 Å². The first kappa shape index (κ1) is 19.4. The molecule has 1 aromatic heterocycles. The van der Waals surface area contributed by atoms with Gasteiger partial charge in [0.05, 0.1) is 11.5 Å². The van der Waals surface area contributed by atoms with E-state index in [9.17, 15) is 19.7 Å². The number of aryl methyl sites for hydroxylation is 2. The Balaban J connectivity index is 1.68. The molecular formula is C17H18N2O6S. The molecule has 0 atom stereocenters. The van der Waals surface area contributed by atoms with Crippen LogP contribution in [0.15, 0.2) is 30.3 Å². The lowest BCUT2D eigenvalue weighted by atomic mass is 10.1. The summed E-state index contributed by atoms with van der Waals surface area (Å²) in [6.45, 7) is 4.00. The fraction of sp³-hybridized carbons (Fsp3) is 0.294. The molecule has 0 unspecified atom stereocenters. The molecule has 1 aromatic carbocycles. The van der Waals surface area contributed by atoms with Crippen molar-refractivity contribution in [3.05, 3.63) is 56.5 Å². The smallest absolute Gasteiger partial charge is 0.349 e. The minimum atomic E-state index is -0.773. The topological polar surface area (TPSA) is 108 Å². The second kappa shape index (κ2) is 8.95. The molecule has 0 saturated carbocycles. The highest BCUT2D eigenvalue weighted by Crippen LogP contribution is 2.24. The van der Waals surface area contributed by atoms with E-state index in [1.54, 1.807) is 0 Å². The summed E-state index contributed by atoms with van der Waals surface area (Å²) in [6, 6.07) is 8.32. The third-order valence-electron chi connectivity index (χ3n) is 3.32. The third kappa shape index (κ3) is 5.55. The van der Waals surface area contributed by atoms with Crippen LogP contribution in [-0.4, -0.2) is 36.6 Å². The van der Waals surface area contributed by atoms with Crippen molar-refractivity contribution in [1.29, 1.82) is 0 Å². The SMILES string of the molecule is Cc1ccc(OCCNC(=O)COC(=O)c2ccc([N+](=O)[O-])s2)c(C)c1. The number of carbonyl (C=O) groups is 2. The van der Waals surface area contributed by atoms with E-state index in [-0.39, 0.29) is 23.0 Å². The Morgan fingerprint density at radius 2 is 2.00 bits per heavy atom. The molecule has 0 aliphatic carbocycles. The number of hydrogen-bond acceptors (Lipinski definition) is 7. The summed E-state index contributed by atoms with van der Waals surface area (Å²) in [6.07, 6.45) is 0. The Labute approximate surface area is 153 Å². The van der Waals surface area contributed by atoms with Gasteiger partial charge in [-0.3, -0.25) is 14.9 Å². The maximum atomic E-state index is 11.7. The lowest BCUT2D eigenvalue weighted by molar-refractivity contribution is -0.380. The average Bonchev–Trinajstić information content (AvgIpc) is 3.08. The largest absolute Gasteiger partial charge is 0.491 e. The van der Waals surface area contributed by atoms with Crippen molar-refractivity contribution in [1.82, 2.24) is 5.32 Å². The van der Waals surface area contributed by atoms with Crippen molar-refractivity contribution in [2.45, 2.75) is 13.8 Å². The fourth-order valence-corrected chi connectivity index (χ4v) is 2.82. The summed E-state index contributed by atoms with van der Waals surface area (Å²) in [5.74, 6) is -0.506. The molecule has 2 aromatic rings. The Kier molecular flexibility index (Phi) is 6.67. The van der Waals surface area contributed by atoms with Crippen LogP contribution in [0.5, 0.6) is 5.75 Å². The molecule has 2 rings (SSSR count). The standard InChI is InChI=1S/C17H18N2O6S/c1-11-3-4-13(12(2)9-11)24-8-7-18-15(20)10-25-17(21)14-5-6-16(26-14)19(22)23/h3-6,9H,7-8,10H2,1-2H3,(H,18,20). The molecule has 1 heterocycles. The summed E-state index contributed by atoms with van der Waals surface area (Å²) in [4.78, 5) is 33.4. The van der Waals surface area contributed by atoms with Crippen LogP contribution < -0.4 is 10.1 Å². The number of nitrogens with one attached hydrogen (secondary N) is 1. The number of amides is 1. The molecule has 0 bridgehead atoms. The highest BCUT2D eigenvalue weighted by atomic mass is 32.1. The first-order valence-electron chi connectivity index (χ1n) is 7.75. The Hall–Kier alpha value is -2.94. The number of nitrogens with zero attached hydrogens (tertiary/aromatic N) is 1. The second-order valence-electron chi connectivity index (χ2n) is 5.44. The van der Waals surface area contributed by atoms with Crippen LogP contribution in [0.25, 0.3) is 0 Å². The van der Waals surface area contributed by atoms with E-state index >= 15 is 0 Å². The number of rotatable bonds is 8. The number of carbonyl (C=O) groups excluding carboxylic acids is 2. The van der Waals surface area contributed by atoms with E-state index in [4.69, 9.17) is 9.47 Å². The number of esters is 1. The van der Waals surface area contributed by atoms with E-state index in [2.05, 4.69) is 5.32 Å². The first-order valence-corrected chi connectivity index (χ1v) is 8.56. The highest BCUT2D eigenvalue weighted by molar-refractivity contribution is 7.17. The molecule has 0 aliphatic heterocycles. The molecular weight excluding hydrogens is 360 g/mol. The monoisotopic (exact) mass is 378 g/mol. The summed E-state index contributed by atoms with van der Waals surface area (Å²) in [5, 5.41) is 13.0. The molecule has 9 heteroatoms. The molecule has 8 nitrogen and oxygen atoms in total. The van der Waals surface area contributed by atoms with Crippen molar-refractivity contribution >= 4 is 28.2 Å². The van der Waals surface area contributed by atoms with Crippen LogP contribution in [0, 0.1) is 24.0 Å². The normalized spacial score (nSPS) is 10.2. The van der Waals surface area contributed by atoms with Gasteiger partial charge < -0.3 is 14.8 Å². The Morgan fingerprint density at radius 3 is 2.65 bits per heavy atom. The van der Waals surface area contributed by atoms with Gasteiger partial charge in [0.1, 0.15) is 17.2 Å². The lowest BCUT2D eigenvalue weighted by Gasteiger charge is -2.10. The van der Waals surface area contributed by atoms with Gasteiger partial charge in [0.2, 0.25) is 0 Å². The van der Waals surface area contributed by atoms with E-state index in [1.807, 2.05) is 32.0 Å². The van der Waals surface area contributed by atoms with E-state index in [0.29, 0.717) is 11.3 Å². The minimum Gasteiger partial charge on any atom is -0.491 e. The number of nitro groups is 1. The zero-order chi connectivity index (χ0) is 19.1. The van der Waals surface area contributed by atoms with Crippen LogP contribution in [0.4, 0.5) is 5.00 Å². The van der Waals surface area contributed by atoms with Crippen LogP contribution in [0.1, 0.15) is 20.8 Å². The van der Waals surface area contributed by atoms with Crippen LogP contribution in [0.3, 0.4) is 0 Å². The third-order valence-corrected chi connectivity index (χ3v) is 4.34. The molecule has 1 amide bonds. The minimum absolute atomic E-state index is 0.0719. The predicted molar refractivity (Wildman–Crippen MR) is 95.7 cm³/mol. The second-order valence-corrected chi connectivity index (χ2v) is 6.50. The molecule has 138 valence electrons. The lowest BCUT2D eigenvalue weighted by Crippen LogP contribution is -2.32. The van der Waals surface area contributed by atoms with Crippen molar-refractivity contribution in [2.24, 2.45) is 0 Å². The number of thiophene rings is 1. The number of benzene rings is 1. The van der Waals surface area contributed by atoms with Gasteiger partial charge in [0.15, 0.2) is 6.61 Å². The van der Waals surface area contributed by atoms with Gasteiger partial charge in [-0.1, -0.05) is 29.0 Å². The van der Waals surface area contributed by atoms with Gasteiger partial charge in [0.25, 0.3) is 5.91 Å². The maximum Gasteiger partial charge on any atom is 0.349 e. The molecule has 0 spiro atoms. The van der Waals surface area contributed by atoms with Crippen LogP contribution >= 0.6 is 11.3 Å². The molecule has 26 heavy (non-hydrogen) atoms. The summed E-state index contributed by atoms with van der Waals surface area (Å²) >= 11 is 0.697. The van der Waals surface area contributed by atoms with Gasteiger partial charge in [0, 0.05) is 6.07 Å². The average molecular weight is 378 g/mol. The Bertz CT molecular complexity index is 817. The Morgan fingerprint density at radius 1 is 1.23 bits per heavy atom. The molecule has 1 N–H and O–H groups in total. The predicted octanol–water partition coefficient (Wildman–Crippen LogP) is 2.63. The van der Waals surface area contributed by atoms with Gasteiger partial charge in [-0.15, -0.1) is 0 Å². The van der Waals surface area contributed by atoms with Gasteiger partial charge in [-0.2, -0.15) is 0 Å². The first-order chi connectivity index (χ1) is 12.4. The fourth-order valence-electron chi connectivity index (χ4n) is 2.10. The zero-order valence-corrected chi connectivity index (χ0v) is 15.1. The van der Waals surface area contributed by atoms with Crippen molar-refractivity contribution in [3.63, 3.8) is 0 Å².